The fraction of sp³-hybridized carbons (Fsp3) is 0.217. The first-order valence-corrected chi connectivity index (χ1v) is 12.3. The van der Waals surface area contributed by atoms with Crippen LogP contribution in [-0.4, -0.2) is 40.3 Å². The van der Waals surface area contributed by atoms with Crippen molar-refractivity contribution in [2.75, 3.05) is 11.6 Å². The third-order valence-electron chi connectivity index (χ3n) is 5.01. The number of benzene rings is 2. The summed E-state index contributed by atoms with van der Waals surface area (Å²) in [6.07, 6.45) is 6.88. The average molecular weight is 466 g/mol. The smallest absolute Gasteiger partial charge is 0.257 e. The zero-order chi connectivity index (χ0) is 23.6. The number of sulfone groups is 1. The first-order chi connectivity index (χ1) is 15.8. The van der Waals surface area contributed by atoms with Crippen LogP contribution in [-0.2, 0) is 22.8 Å². The molecule has 9 nitrogen and oxygen atoms in total. The van der Waals surface area contributed by atoms with E-state index in [1.54, 1.807) is 35.1 Å². The number of hydrogen-bond donors (Lipinski definition) is 1. The SMILES string of the molecule is CCc1cnc(NC(=O)c2cc(Oc3ccc(S(C)(=O)=O)cc3)c3cn(CC)nc3c2)cn1. The van der Waals surface area contributed by atoms with E-state index in [2.05, 4.69) is 20.4 Å². The molecule has 2 aromatic carbocycles. The van der Waals surface area contributed by atoms with Crippen molar-refractivity contribution in [3.8, 4) is 11.5 Å². The Morgan fingerprint density at radius 2 is 1.85 bits per heavy atom. The number of carbonyl (C=O) groups excluding carboxylic acids is 1. The van der Waals surface area contributed by atoms with Crippen molar-refractivity contribution in [1.82, 2.24) is 19.7 Å². The second-order valence-corrected chi connectivity index (χ2v) is 9.45. The molecule has 4 aromatic rings. The summed E-state index contributed by atoms with van der Waals surface area (Å²) in [4.78, 5) is 21.6. The van der Waals surface area contributed by atoms with E-state index in [4.69, 9.17) is 4.74 Å². The van der Waals surface area contributed by atoms with Crippen molar-refractivity contribution < 1.29 is 17.9 Å². The Bertz CT molecular complexity index is 1410. The summed E-state index contributed by atoms with van der Waals surface area (Å²) in [5.74, 6) is 0.831. The van der Waals surface area contributed by atoms with Crippen LogP contribution in [0.2, 0.25) is 0 Å². The van der Waals surface area contributed by atoms with Crippen LogP contribution in [0.4, 0.5) is 5.82 Å². The van der Waals surface area contributed by atoms with Crippen LogP contribution in [0.25, 0.3) is 10.9 Å². The molecule has 2 aromatic heterocycles. The third-order valence-corrected chi connectivity index (χ3v) is 6.14. The summed E-state index contributed by atoms with van der Waals surface area (Å²) < 4.78 is 31.2. The van der Waals surface area contributed by atoms with Gasteiger partial charge in [0.2, 0.25) is 0 Å². The summed E-state index contributed by atoms with van der Waals surface area (Å²) in [7, 11) is -3.31. The molecule has 0 aliphatic rings. The van der Waals surface area contributed by atoms with E-state index in [9.17, 15) is 13.2 Å². The normalized spacial score (nSPS) is 11.5. The minimum Gasteiger partial charge on any atom is -0.457 e. The van der Waals surface area contributed by atoms with E-state index in [0.717, 1.165) is 23.8 Å². The Morgan fingerprint density at radius 3 is 2.45 bits per heavy atom. The van der Waals surface area contributed by atoms with E-state index in [1.165, 1.54) is 18.3 Å². The molecular weight excluding hydrogens is 442 g/mol. The van der Waals surface area contributed by atoms with Crippen LogP contribution < -0.4 is 10.1 Å². The lowest BCUT2D eigenvalue weighted by atomic mass is 10.1. The van der Waals surface area contributed by atoms with Crippen molar-refractivity contribution in [2.24, 2.45) is 0 Å². The van der Waals surface area contributed by atoms with Crippen LogP contribution in [0.15, 0.2) is 59.9 Å². The number of amides is 1. The summed E-state index contributed by atoms with van der Waals surface area (Å²) in [5, 5.41) is 7.97. The van der Waals surface area contributed by atoms with Crippen molar-refractivity contribution in [1.29, 1.82) is 0 Å². The van der Waals surface area contributed by atoms with Gasteiger partial charge in [-0.05, 0) is 49.7 Å². The Labute approximate surface area is 191 Å². The number of rotatable bonds is 7. The molecule has 2 heterocycles. The molecule has 4 rings (SSSR count). The predicted molar refractivity (Wildman–Crippen MR) is 124 cm³/mol. The number of nitrogens with zero attached hydrogens (tertiary/aromatic N) is 4. The average Bonchev–Trinajstić information content (AvgIpc) is 3.23. The Hall–Kier alpha value is -3.79. The predicted octanol–water partition coefficient (Wildman–Crippen LogP) is 3.86. The van der Waals surface area contributed by atoms with Crippen LogP contribution in [0.1, 0.15) is 29.9 Å². The number of fused-ring (bicyclic) bond motifs is 1. The molecule has 1 amide bonds. The van der Waals surface area contributed by atoms with Gasteiger partial charge in [-0.3, -0.25) is 14.5 Å². The molecule has 0 atom stereocenters. The van der Waals surface area contributed by atoms with Gasteiger partial charge >= 0.3 is 0 Å². The zero-order valence-corrected chi connectivity index (χ0v) is 19.3. The molecule has 0 aliphatic carbocycles. The number of anilines is 1. The summed E-state index contributed by atoms with van der Waals surface area (Å²) in [6.45, 7) is 4.59. The van der Waals surface area contributed by atoms with Gasteiger partial charge in [0, 0.05) is 24.6 Å². The Kier molecular flexibility index (Phi) is 6.10. The highest BCUT2D eigenvalue weighted by Crippen LogP contribution is 2.32. The standard InChI is InChI=1S/C23H23N5O4S/c1-4-16-12-25-22(13-24-16)26-23(29)15-10-20-19(14-28(5-2)27-20)21(11-15)32-17-6-8-18(9-7-17)33(3,30)31/h6-14H,4-5H2,1-3H3,(H,25,26,29). The number of aryl methyl sites for hydroxylation is 2. The Morgan fingerprint density at radius 1 is 1.09 bits per heavy atom. The molecular formula is C23H23N5O4S. The van der Waals surface area contributed by atoms with E-state index < -0.39 is 9.84 Å². The molecule has 0 spiro atoms. The van der Waals surface area contributed by atoms with E-state index in [1.807, 2.05) is 20.0 Å². The van der Waals surface area contributed by atoms with Crippen LogP contribution >= 0.6 is 0 Å². The maximum atomic E-state index is 12.9. The molecule has 0 bridgehead atoms. The maximum absolute atomic E-state index is 12.9. The Balaban J connectivity index is 1.67. The van der Waals surface area contributed by atoms with E-state index >= 15 is 0 Å². The third kappa shape index (κ3) is 5.01. The summed E-state index contributed by atoms with van der Waals surface area (Å²) in [5.41, 5.74) is 1.77. The lowest BCUT2D eigenvalue weighted by Crippen LogP contribution is -2.13. The van der Waals surface area contributed by atoms with Gasteiger partial charge in [0.25, 0.3) is 5.91 Å². The minimum atomic E-state index is -3.31. The first-order valence-electron chi connectivity index (χ1n) is 10.4. The van der Waals surface area contributed by atoms with Gasteiger partial charge in [-0.25, -0.2) is 13.4 Å². The van der Waals surface area contributed by atoms with Crippen molar-refractivity contribution in [3.63, 3.8) is 0 Å². The topological polar surface area (TPSA) is 116 Å². The molecule has 170 valence electrons. The number of hydrogen-bond acceptors (Lipinski definition) is 7. The van der Waals surface area contributed by atoms with Gasteiger partial charge in [-0.2, -0.15) is 5.10 Å². The quantitative estimate of drug-likeness (QED) is 0.440. The van der Waals surface area contributed by atoms with Gasteiger partial charge in [-0.1, -0.05) is 6.92 Å². The number of ether oxygens (including phenoxy) is 1. The molecule has 1 N–H and O–H groups in total. The lowest BCUT2D eigenvalue weighted by Gasteiger charge is -2.10. The number of aromatic nitrogens is 4. The monoisotopic (exact) mass is 465 g/mol. The van der Waals surface area contributed by atoms with Crippen LogP contribution in [0, 0.1) is 0 Å². The number of nitrogens with one attached hydrogen (secondary N) is 1. The highest BCUT2D eigenvalue weighted by molar-refractivity contribution is 7.90. The second-order valence-electron chi connectivity index (χ2n) is 7.44. The molecule has 0 fully saturated rings. The molecule has 0 radical (unpaired) electrons. The molecule has 0 unspecified atom stereocenters. The van der Waals surface area contributed by atoms with Gasteiger partial charge in [0.05, 0.1) is 33.9 Å². The van der Waals surface area contributed by atoms with Crippen molar-refractivity contribution in [3.05, 3.63) is 66.2 Å². The second kappa shape index (κ2) is 8.99. The first kappa shape index (κ1) is 22.4. The molecule has 0 aliphatic heterocycles. The van der Waals surface area contributed by atoms with E-state index in [-0.39, 0.29) is 10.8 Å². The highest BCUT2D eigenvalue weighted by Gasteiger charge is 2.16. The molecule has 0 saturated carbocycles. The largest absolute Gasteiger partial charge is 0.457 e. The lowest BCUT2D eigenvalue weighted by molar-refractivity contribution is 0.102. The zero-order valence-electron chi connectivity index (χ0n) is 18.4. The number of carbonyl (C=O) groups is 1. The fourth-order valence-electron chi connectivity index (χ4n) is 3.19. The van der Waals surface area contributed by atoms with Gasteiger partial charge in [0.1, 0.15) is 11.5 Å². The van der Waals surface area contributed by atoms with Crippen LogP contribution in [0.3, 0.4) is 0 Å². The minimum absolute atomic E-state index is 0.196. The maximum Gasteiger partial charge on any atom is 0.257 e. The molecule has 0 saturated heterocycles. The summed E-state index contributed by atoms with van der Waals surface area (Å²) >= 11 is 0. The van der Waals surface area contributed by atoms with Gasteiger partial charge in [0.15, 0.2) is 15.7 Å². The van der Waals surface area contributed by atoms with Gasteiger partial charge < -0.3 is 10.1 Å². The van der Waals surface area contributed by atoms with E-state index in [0.29, 0.717) is 34.9 Å². The fourth-order valence-corrected chi connectivity index (χ4v) is 3.82. The summed E-state index contributed by atoms with van der Waals surface area (Å²) in [6, 6.07) is 9.41. The van der Waals surface area contributed by atoms with Crippen LogP contribution in [0.5, 0.6) is 11.5 Å². The molecule has 10 heteroatoms. The van der Waals surface area contributed by atoms with Crippen molar-refractivity contribution >= 4 is 32.5 Å². The van der Waals surface area contributed by atoms with Crippen molar-refractivity contribution in [2.45, 2.75) is 31.7 Å². The van der Waals surface area contributed by atoms with Gasteiger partial charge in [-0.15, -0.1) is 0 Å². The molecule has 33 heavy (non-hydrogen) atoms. The highest BCUT2D eigenvalue weighted by atomic mass is 32.2.